The normalized spacial score (nSPS) is 11.3. The molecule has 0 heterocycles. The van der Waals surface area contributed by atoms with Crippen LogP contribution in [0.4, 0.5) is 0 Å². The second kappa shape index (κ2) is 5.26. The van der Waals surface area contributed by atoms with Crippen LogP contribution in [-0.2, 0) is 14.1 Å². The molecule has 0 aliphatic carbocycles. The van der Waals surface area contributed by atoms with E-state index in [0.717, 1.165) is 5.56 Å². The third kappa shape index (κ3) is 3.26. The maximum atomic E-state index is 12.1. The first-order chi connectivity index (χ1) is 8.18. The predicted molar refractivity (Wildman–Crippen MR) is 68.2 cm³/mol. The molecule has 0 atom stereocenters. The van der Waals surface area contributed by atoms with Crippen molar-refractivity contribution in [1.29, 1.82) is 0 Å². The molecule has 2 nitrogen and oxygen atoms in total. The van der Waals surface area contributed by atoms with Gasteiger partial charge in [-0.25, -0.2) is 0 Å². The average molecular weight is 293 g/mol. The quantitative estimate of drug-likeness (QED) is 0.811. The third-order valence-corrected chi connectivity index (χ3v) is 6.24. The molecular formula is C14H14O2Se. The Morgan fingerprint density at radius 3 is 1.88 bits per heavy atom. The van der Waals surface area contributed by atoms with Crippen LogP contribution in [0.3, 0.4) is 0 Å². The van der Waals surface area contributed by atoms with Gasteiger partial charge in [0.15, 0.2) is 0 Å². The Labute approximate surface area is 103 Å². The fourth-order valence-corrected chi connectivity index (χ4v) is 4.40. The van der Waals surface area contributed by atoms with Crippen molar-refractivity contribution in [2.75, 3.05) is 0 Å². The molecule has 2 rings (SSSR count). The Kier molecular flexibility index (Phi) is 3.72. The molecule has 0 radical (unpaired) electrons. The summed E-state index contributed by atoms with van der Waals surface area (Å²) in [5.74, 6) is 0. The molecule has 2 aromatic carbocycles. The van der Waals surface area contributed by atoms with E-state index < -0.39 is 12.7 Å². The van der Waals surface area contributed by atoms with E-state index in [1.165, 1.54) is 0 Å². The van der Waals surface area contributed by atoms with E-state index in [0.29, 0.717) is 10.9 Å². The van der Waals surface area contributed by atoms with Gasteiger partial charge in [-0.1, -0.05) is 0 Å². The molecule has 0 aliphatic heterocycles. The minimum atomic E-state index is -3.95. The molecule has 17 heavy (non-hydrogen) atoms. The van der Waals surface area contributed by atoms with Crippen LogP contribution in [0.25, 0.3) is 0 Å². The zero-order chi connectivity index (χ0) is 12.1. The van der Waals surface area contributed by atoms with E-state index in [4.69, 9.17) is 0 Å². The van der Waals surface area contributed by atoms with E-state index in [9.17, 15) is 7.67 Å². The van der Waals surface area contributed by atoms with Crippen LogP contribution in [0, 0.1) is 0 Å². The summed E-state index contributed by atoms with van der Waals surface area (Å²) in [4.78, 5) is 0. The molecule has 0 unspecified atom stereocenters. The van der Waals surface area contributed by atoms with Crippen molar-refractivity contribution in [1.82, 2.24) is 0 Å². The Morgan fingerprint density at radius 2 is 1.29 bits per heavy atom. The van der Waals surface area contributed by atoms with Crippen molar-refractivity contribution in [3.8, 4) is 0 Å². The predicted octanol–water partition coefficient (Wildman–Crippen LogP) is 2.44. The molecule has 88 valence electrons. The minimum absolute atomic E-state index is 0.227. The topological polar surface area (TPSA) is 34.1 Å². The summed E-state index contributed by atoms with van der Waals surface area (Å²) >= 11 is -3.95. The van der Waals surface area contributed by atoms with Gasteiger partial charge in [0.05, 0.1) is 0 Å². The molecule has 0 spiro atoms. The molecule has 0 saturated carbocycles. The monoisotopic (exact) mass is 294 g/mol. The Morgan fingerprint density at radius 1 is 0.765 bits per heavy atom. The van der Waals surface area contributed by atoms with Crippen LogP contribution in [-0.4, -0.2) is 12.7 Å². The fraction of sp³-hybridized carbons (Fsp3) is 0.143. The number of aryl methyl sites for hydroxylation is 1. The molecular weight excluding hydrogens is 279 g/mol. The molecule has 0 saturated heterocycles. The van der Waals surface area contributed by atoms with Gasteiger partial charge in [0, 0.05) is 0 Å². The van der Waals surface area contributed by atoms with Crippen LogP contribution in [0.1, 0.15) is 5.56 Å². The van der Waals surface area contributed by atoms with Crippen molar-refractivity contribution in [3.05, 3.63) is 66.2 Å². The van der Waals surface area contributed by atoms with E-state index >= 15 is 0 Å². The molecule has 0 bridgehead atoms. The number of hydrogen-bond acceptors (Lipinski definition) is 2. The fourth-order valence-electron chi connectivity index (χ4n) is 1.64. The van der Waals surface area contributed by atoms with Crippen LogP contribution in [0.5, 0.6) is 0 Å². The van der Waals surface area contributed by atoms with E-state index in [1.807, 2.05) is 36.4 Å². The van der Waals surface area contributed by atoms with Gasteiger partial charge in [0.1, 0.15) is 0 Å². The van der Waals surface area contributed by atoms with E-state index in [1.54, 1.807) is 24.3 Å². The van der Waals surface area contributed by atoms with Crippen LogP contribution >= 0.6 is 0 Å². The van der Waals surface area contributed by atoms with Gasteiger partial charge in [-0.15, -0.1) is 0 Å². The zero-order valence-corrected chi connectivity index (χ0v) is 11.1. The van der Waals surface area contributed by atoms with Gasteiger partial charge in [0.25, 0.3) is 0 Å². The number of hydrogen-bond donors (Lipinski definition) is 0. The van der Waals surface area contributed by atoms with Crippen molar-refractivity contribution in [3.63, 3.8) is 0 Å². The first-order valence-electron chi connectivity index (χ1n) is 5.50. The zero-order valence-electron chi connectivity index (χ0n) is 9.41. The molecule has 0 aromatic heterocycles. The summed E-state index contributed by atoms with van der Waals surface area (Å²) in [7, 11) is 0. The SMILES string of the molecule is O=[Se](=O)(CCc1ccccc1)c1ccccc1. The summed E-state index contributed by atoms with van der Waals surface area (Å²) in [5, 5.41) is 0.227. The average Bonchev–Trinajstić information content (AvgIpc) is 2.39. The van der Waals surface area contributed by atoms with E-state index in [-0.39, 0.29) is 5.32 Å². The van der Waals surface area contributed by atoms with Gasteiger partial charge in [-0.2, -0.15) is 0 Å². The van der Waals surface area contributed by atoms with Crippen LogP contribution in [0.15, 0.2) is 60.7 Å². The summed E-state index contributed by atoms with van der Waals surface area (Å²) < 4.78 is 24.6. The van der Waals surface area contributed by atoms with Gasteiger partial charge in [-0.05, 0) is 0 Å². The van der Waals surface area contributed by atoms with Crippen molar-refractivity contribution >= 4 is 17.2 Å². The van der Waals surface area contributed by atoms with Crippen LogP contribution in [0.2, 0.25) is 5.32 Å². The van der Waals surface area contributed by atoms with Gasteiger partial charge < -0.3 is 0 Å². The Bertz CT molecular complexity index is 560. The maximum absolute atomic E-state index is 12.1. The molecule has 3 heteroatoms. The molecule has 0 fully saturated rings. The number of benzene rings is 2. The standard InChI is InChI=1S/C14H14O2Se/c15-17(16,14-9-5-2-6-10-14)12-11-13-7-3-1-4-8-13/h1-10H,11-12H2. The molecule has 0 N–H and O–H groups in total. The molecule has 0 amide bonds. The second-order valence-electron chi connectivity index (χ2n) is 3.87. The van der Waals surface area contributed by atoms with Crippen molar-refractivity contribution in [2.24, 2.45) is 0 Å². The Hall–Kier alpha value is -1.44. The summed E-state index contributed by atoms with van der Waals surface area (Å²) in [5.41, 5.74) is 1.07. The summed E-state index contributed by atoms with van der Waals surface area (Å²) in [6.45, 7) is 0. The Balaban J connectivity index is 2.09. The second-order valence-corrected chi connectivity index (χ2v) is 8.29. The third-order valence-electron chi connectivity index (χ3n) is 2.60. The van der Waals surface area contributed by atoms with Gasteiger partial charge in [0.2, 0.25) is 0 Å². The van der Waals surface area contributed by atoms with E-state index in [2.05, 4.69) is 0 Å². The van der Waals surface area contributed by atoms with Crippen molar-refractivity contribution < 1.29 is 7.67 Å². The number of rotatable bonds is 4. The first kappa shape index (κ1) is 12.0. The molecule has 2 aromatic rings. The molecule has 0 aliphatic rings. The first-order valence-corrected chi connectivity index (χ1v) is 8.97. The summed E-state index contributed by atoms with van der Waals surface area (Å²) in [6, 6.07) is 18.4. The summed E-state index contributed by atoms with van der Waals surface area (Å²) in [6.07, 6.45) is 0.586. The van der Waals surface area contributed by atoms with Crippen molar-refractivity contribution in [2.45, 2.75) is 11.7 Å². The van der Waals surface area contributed by atoms with Crippen LogP contribution < -0.4 is 4.46 Å². The van der Waals surface area contributed by atoms with Gasteiger partial charge >= 0.3 is 103 Å². The van der Waals surface area contributed by atoms with Gasteiger partial charge in [-0.3, -0.25) is 0 Å².